The Hall–Kier alpha value is -2.01. The lowest BCUT2D eigenvalue weighted by Gasteiger charge is -2.08. The zero-order chi connectivity index (χ0) is 12.8. The first-order chi connectivity index (χ1) is 8.13. The second kappa shape index (κ2) is 5.91. The molecule has 0 saturated heterocycles. The number of esters is 1. The molecule has 3 N–H and O–H groups in total. The van der Waals surface area contributed by atoms with Crippen molar-refractivity contribution in [2.24, 2.45) is 5.73 Å². The predicted octanol–water partition coefficient (Wildman–Crippen LogP) is 1.16. The maximum Gasteiger partial charge on any atom is 0.338 e. The first-order valence-corrected chi connectivity index (χ1v) is 5.00. The van der Waals surface area contributed by atoms with Crippen molar-refractivity contribution >= 4 is 12.0 Å². The minimum absolute atomic E-state index is 0.0372. The van der Waals surface area contributed by atoms with Crippen LogP contribution < -0.4 is 10.5 Å². The second-order valence-corrected chi connectivity index (χ2v) is 3.25. The van der Waals surface area contributed by atoms with Gasteiger partial charge in [-0.2, -0.15) is 0 Å². The Morgan fingerprint density at radius 3 is 2.71 bits per heavy atom. The van der Waals surface area contributed by atoms with Crippen molar-refractivity contribution in [3.05, 3.63) is 29.3 Å². The second-order valence-electron chi connectivity index (χ2n) is 3.25. The lowest BCUT2D eigenvalue weighted by atomic mass is 10.1. The first kappa shape index (κ1) is 13.1. The molecule has 0 amide bonds. The topological polar surface area (TPSA) is 81.8 Å². The molecule has 0 saturated carbocycles. The molecule has 5 nitrogen and oxygen atoms in total. The number of hydrogen-bond donors (Lipinski definition) is 2. The maximum absolute atomic E-state index is 11.4. The van der Waals surface area contributed by atoms with E-state index in [1.54, 1.807) is 12.2 Å². The van der Waals surface area contributed by atoms with Crippen LogP contribution in [0.25, 0.3) is 6.08 Å². The summed E-state index contributed by atoms with van der Waals surface area (Å²) in [5.74, 6) is -0.319. The van der Waals surface area contributed by atoms with Crippen molar-refractivity contribution in [2.45, 2.75) is 0 Å². The Morgan fingerprint density at radius 1 is 1.47 bits per heavy atom. The number of benzene rings is 1. The Kier molecular flexibility index (Phi) is 4.54. The Morgan fingerprint density at radius 2 is 2.18 bits per heavy atom. The number of carbonyl (C=O) groups excluding carboxylic acids is 1. The molecule has 5 heteroatoms. The molecule has 0 aromatic heterocycles. The van der Waals surface area contributed by atoms with Crippen LogP contribution in [0.3, 0.4) is 0 Å². The van der Waals surface area contributed by atoms with Gasteiger partial charge < -0.3 is 20.3 Å². The van der Waals surface area contributed by atoms with E-state index in [0.717, 1.165) is 0 Å². The van der Waals surface area contributed by atoms with Gasteiger partial charge in [-0.1, -0.05) is 12.2 Å². The van der Waals surface area contributed by atoms with Gasteiger partial charge in [-0.25, -0.2) is 4.79 Å². The minimum atomic E-state index is -0.495. The van der Waals surface area contributed by atoms with Crippen molar-refractivity contribution < 1.29 is 19.4 Å². The molecule has 0 radical (unpaired) electrons. The highest BCUT2D eigenvalue weighted by molar-refractivity contribution is 5.91. The molecule has 0 heterocycles. The zero-order valence-corrected chi connectivity index (χ0v) is 9.77. The molecule has 0 aliphatic rings. The highest BCUT2D eigenvalue weighted by Gasteiger charge is 2.13. The molecule has 0 unspecified atom stereocenters. The molecule has 1 aromatic carbocycles. The van der Waals surface area contributed by atoms with Gasteiger partial charge in [-0.15, -0.1) is 0 Å². The Bertz CT molecular complexity index is 440. The van der Waals surface area contributed by atoms with E-state index in [0.29, 0.717) is 17.7 Å². The fourth-order valence-electron chi connectivity index (χ4n) is 1.34. The number of methoxy groups -OCH3 is 2. The lowest BCUT2D eigenvalue weighted by Crippen LogP contribution is -2.02. The Labute approximate surface area is 99.5 Å². The largest absolute Gasteiger partial charge is 0.504 e. The number of aromatic hydroxyl groups is 1. The van der Waals surface area contributed by atoms with Crippen LogP contribution in [-0.2, 0) is 4.74 Å². The van der Waals surface area contributed by atoms with E-state index < -0.39 is 5.97 Å². The standard InChI is InChI=1S/C12H15NO4/c1-16-10-7-9(12(15)17-2)6-8(11(10)14)4-3-5-13/h3-4,6-7,14H,5,13H2,1-2H3/b4-3+. The zero-order valence-electron chi connectivity index (χ0n) is 9.77. The summed E-state index contributed by atoms with van der Waals surface area (Å²) >= 11 is 0. The van der Waals surface area contributed by atoms with E-state index in [2.05, 4.69) is 4.74 Å². The summed E-state index contributed by atoms with van der Waals surface area (Å²) < 4.78 is 9.59. The SMILES string of the molecule is COC(=O)c1cc(/C=C/CN)c(O)c(OC)c1. The third-order valence-electron chi connectivity index (χ3n) is 2.18. The molecule has 0 bridgehead atoms. The third kappa shape index (κ3) is 2.98. The van der Waals surface area contributed by atoms with Crippen molar-refractivity contribution in [3.63, 3.8) is 0 Å². The van der Waals surface area contributed by atoms with E-state index >= 15 is 0 Å². The molecule has 0 aliphatic heterocycles. The van der Waals surface area contributed by atoms with E-state index in [1.165, 1.54) is 26.4 Å². The van der Waals surface area contributed by atoms with Crippen LogP contribution in [0.1, 0.15) is 15.9 Å². The number of phenolic OH excluding ortho intramolecular Hbond substituents is 1. The van der Waals surface area contributed by atoms with Gasteiger partial charge in [0, 0.05) is 12.1 Å². The molecule has 0 aliphatic carbocycles. The van der Waals surface area contributed by atoms with Gasteiger partial charge in [-0.05, 0) is 12.1 Å². The summed E-state index contributed by atoms with van der Waals surface area (Å²) in [7, 11) is 2.70. The van der Waals surface area contributed by atoms with Gasteiger partial charge in [0.25, 0.3) is 0 Å². The summed E-state index contributed by atoms with van der Waals surface area (Å²) in [6, 6.07) is 2.93. The van der Waals surface area contributed by atoms with E-state index in [-0.39, 0.29) is 11.5 Å². The van der Waals surface area contributed by atoms with Crippen LogP contribution in [0.4, 0.5) is 0 Å². The highest BCUT2D eigenvalue weighted by atomic mass is 16.5. The average molecular weight is 237 g/mol. The predicted molar refractivity (Wildman–Crippen MR) is 64.1 cm³/mol. The van der Waals surface area contributed by atoms with E-state index in [1.807, 2.05) is 0 Å². The number of rotatable bonds is 4. The van der Waals surface area contributed by atoms with Gasteiger partial charge in [-0.3, -0.25) is 0 Å². The van der Waals surface area contributed by atoms with Crippen LogP contribution in [0.2, 0.25) is 0 Å². The highest BCUT2D eigenvalue weighted by Crippen LogP contribution is 2.32. The lowest BCUT2D eigenvalue weighted by molar-refractivity contribution is 0.0600. The first-order valence-electron chi connectivity index (χ1n) is 5.00. The van der Waals surface area contributed by atoms with Crippen LogP contribution in [0, 0.1) is 0 Å². The van der Waals surface area contributed by atoms with Gasteiger partial charge >= 0.3 is 5.97 Å². The third-order valence-corrected chi connectivity index (χ3v) is 2.18. The van der Waals surface area contributed by atoms with Gasteiger partial charge in [0.05, 0.1) is 19.8 Å². The molecule has 0 spiro atoms. The smallest absolute Gasteiger partial charge is 0.338 e. The average Bonchev–Trinajstić information content (AvgIpc) is 2.36. The number of nitrogens with two attached hydrogens (primary N) is 1. The molecular weight excluding hydrogens is 222 g/mol. The van der Waals surface area contributed by atoms with Crippen molar-refractivity contribution in [3.8, 4) is 11.5 Å². The summed E-state index contributed by atoms with van der Waals surface area (Å²) in [5.41, 5.74) is 6.09. The van der Waals surface area contributed by atoms with Crippen LogP contribution in [0.5, 0.6) is 11.5 Å². The fourth-order valence-corrected chi connectivity index (χ4v) is 1.34. The van der Waals surface area contributed by atoms with E-state index in [9.17, 15) is 9.90 Å². The van der Waals surface area contributed by atoms with Crippen molar-refractivity contribution in [1.29, 1.82) is 0 Å². The normalized spacial score (nSPS) is 10.5. The summed E-state index contributed by atoms with van der Waals surface area (Å²) in [5, 5.41) is 9.83. The molecule has 92 valence electrons. The molecule has 0 atom stereocenters. The van der Waals surface area contributed by atoms with Crippen LogP contribution >= 0.6 is 0 Å². The molecule has 0 fully saturated rings. The van der Waals surface area contributed by atoms with Crippen molar-refractivity contribution in [2.75, 3.05) is 20.8 Å². The van der Waals surface area contributed by atoms with Crippen LogP contribution in [-0.4, -0.2) is 31.8 Å². The van der Waals surface area contributed by atoms with Gasteiger partial charge in [0.15, 0.2) is 11.5 Å². The monoisotopic (exact) mass is 237 g/mol. The number of hydrogen-bond acceptors (Lipinski definition) is 5. The number of ether oxygens (including phenoxy) is 2. The van der Waals surface area contributed by atoms with Gasteiger partial charge in [0.1, 0.15) is 0 Å². The summed E-state index contributed by atoms with van der Waals surface area (Å²) in [6.07, 6.45) is 3.28. The van der Waals surface area contributed by atoms with Crippen molar-refractivity contribution in [1.82, 2.24) is 0 Å². The molecule has 1 rings (SSSR count). The molecule has 1 aromatic rings. The Balaban J connectivity index is 3.28. The number of carbonyl (C=O) groups is 1. The van der Waals surface area contributed by atoms with E-state index in [4.69, 9.17) is 10.5 Å². The molecular formula is C12H15NO4. The number of phenols is 1. The maximum atomic E-state index is 11.4. The fraction of sp³-hybridized carbons (Fsp3) is 0.250. The van der Waals surface area contributed by atoms with Gasteiger partial charge in [0.2, 0.25) is 0 Å². The van der Waals surface area contributed by atoms with Crippen LogP contribution in [0.15, 0.2) is 18.2 Å². The summed E-state index contributed by atoms with van der Waals surface area (Å²) in [6.45, 7) is 0.338. The summed E-state index contributed by atoms with van der Waals surface area (Å²) in [4.78, 5) is 11.4. The quantitative estimate of drug-likeness (QED) is 0.768. The molecule has 17 heavy (non-hydrogen) atoms. The minimum Gasteiger partial charge on any atom is -0.504 e.